The van der Waals surface area contributed by atoms with Crippen molar-refractivity contribution >= 4 is 5.78 Å². The van der Waals surface area contributed by atoms with Crippen molar-refractivity contribution in [2.24, 2.45) is 40.4 Å². The summed E-state index contributed by atoms with van der Waals surface area (Å²) in [4.78, 5) is 14.2. The van der Waals surface area contributed by atoms with Crippen LogP contribution < -0.4 is 0 Å². The Morgan fingerprint density at radius 1 is 1.06 bits per heavy atom. The minimum absolute atomic E-state index is 0.122. The topological polar surface area (TPSA) is 90.3 Å². The van der Waals surface area contributed by atoms with Crippen LogP contribution in [0.15, 0.2) is 11.1 Å². The van der Waals surface area contributed by atoms with Gasteiger partial charge in [-0.25, -0.2) is 0 Å². The van der Waals surface area contributed by atoms with Crippen LogP contribution in [0.1, 0.15) is 86.5 Å². The van der Waals surface area contributed by atoms with E-state index in [0.29, 0.717) is 17.9 Å². The van der Waals surface area contributed by atoms with Gasteiger partial charge in [0.15, 0.2) is 5.78 Å². The van der Waals surface area contributed by atoms with E-state index in [2.05, 4.69) is 41.5 Å². The summed E-state index contributed by atoms with van der Waals surface area (Å²) in [5, 5.41) is 32.7. The second-order valence-electron chi connectivity index (χ2n) is 13.0. The van der Waals surface area contributed by atoms with Crippen molar-refractivity contribution in [2.45, 2.75) is 117 Å². The maximum Gasteiger partial charge on any atom is 0.167 e. The number of Topliss-reactive ketones (excluding diaryl/α,β-unsaturated/α-hetero) is 1. The van der Waals surface area contributed by atoms with Crippen molar-refractivity contribution in [3.63, 3.8) is 0 Å². The average molecular weight is 461 g/mol. The normalized spacial score (nSPS) is 51.2. The van der Waals surface area contributed by atoms with E-state index in [0.717, 1.165) is 44.1 Å². The smallest absolute Gasteiger partial charge is 0.167 e. The van der Waals surface area contributed by atoms with E-state index in [1.807, 2.05) is 0 Å². The predicted octanol–water partition coefficient (Wildman–Crippen LogP) is 4.03. The Hall–Kier alpha value is -0.750. The number of fused-ring (bicyclic) bond motifs is 1. The molecule has 0 aromatic heterocycles. The van der Waals surface area contributed by atoms with Gasteiger partial charge >= 0.3 is 0 Å². The lowest BCUT2D eigenvalue weighted by Crippen LogP contribution is -2.56. The zero-order valence-corrected chi connectivity index (χ0v) is 21.3. The molecule has 11 atom stereocenters. The molecule has 0 unspecified atom stereocenters. The van der Waals surface area contributed by atoms with Gasteiger partial charge in [0.2, 0.25) is 0 Å². The van der Waals surface area contributed by atoms with Gasteiger partial charge in [0.25, 0.3) is 0 Å². The Morgan fingerprint density at radius 3 is 2.42 bits per heavy atom. The minimum atomic E-state index is -0.885. The summed E-state index contributed by atoms with van der Waals surface area (Å²) in [5.74, 6) is 1.50. The lowest BCUT2D eigenvalue weighted by Gasteiger charge is -2.52. The summed E-state index contributed by atoms with van der Waals surface area (Å²) in [6, 6.07) is 0. The molecule has 1 aliphatic heterocycles. The zero-order chi connectivity index (χ0) is 24.1. The van der Waals surface area contributed by atoms with Crippen molar-refractivity contribution in [2.75, 3.05) is 0 Å². The number of epoxide rings is 1. The van der Waals surface area contributed by atoms with Crippen molar-refractivity contribution < 1.29 is 24.9 Å². The van der Waals surface area contributed by atoms with Gasteiger partial charge in [-0.3, -0.25) is 4.79 Å². The summed E-state index contributed by atoms with van der Waals surface area (Å²) in [5.41, 5.74) is 0.463. The monoisotopic (exact) mass is 460 g/mol. The zero-order valence-electron chi connectivity index (χ0n) is 21.3. The lowest BCUT2D eigenvalue weighted by molar-refractivity contribution is -0.131. The van der Waals surface area contributed by atoms with Crippen LogP contribution in [0, 0.1) is 40.4 Å². The fourth-order valence-electron chi connectivity index (χ4n) is 8.70. The highest BCUT2D eigenvalue weighted by Gasteiger charge is 2.76. The molecule has 1 saturated heterocycles. The molecule has 0 amide bonds. The van der Waals surface area contributed by atoms with Gasteiger partial charge in [-0.1, -0.05) is 47.1 Å². The highest BCUT2D eigenvalue weighted by Crippen LogP contribution is 2.69. The van der Waals surface area contributed by atoms with Gasteiger partial charge in [0.05, 0.1) is 12.2 Å². The molecule has 5 heteroatoms. The molecule has 5 aliphatic rings. The van der Waals surface area contributed by atoms with Crippen molar-refractivity contribution in [3.8, 4) is 0 Å². The molecule has 33 heavy (non-hydrogen) atoms. The summed E-state index contributed by atoms with van der Waals surface area (Å²) in [6.07, 6.45) is 3.64. The molecular formula is C28H44O5. The molecule has 0 aromatic rings. The Morgan fingerprint density at radius 2 is 1.76 bits per heavy atom. The molecule has 3 fully saturated rings. The number of ether oxygens (including phenoxy) is 1. The number of hydrogen-bond donors (Lipinski definition) is 3. The van der Waals surface area contributed by atoms with Crippen LogP contribution in [0.4, 0.5) is 0 Å². The van der Waals surface area contributed by atoms with Crippen LogP contribution in [0.3, 0.4) is 0 Å². The SMILES string of the molecule is CC(C)[C@@H](C)[C@H](O)[C@H]1CC[C@@H]([C@@]2(C)CCC3=C(C2=O)[C@@H](O)[C@@H]2O[C@@]24C[C@@H](O)CC[C@]34C)[C@@H]1C. The minimum Gasteiger partial charge on any atom is -0.393 e. The number of rotatable bonds is 4. The first-order chi connectivity index (χ1) is 15.4. The molecule has 5 nitrogen and oxygen atoms in total. The molecule has 0 radical (unpaired) electrons. The van der Waals surface area contributed by atoms with Crippen molar-refractivity contribution in [1.82, 2.24) is 0 Å². The summed E-state index contributed by atoms with van der Waals surface area (Å²) in [6.45, 7) is 13.0. The molecule has 0 aromatic carbocycles. The van der Waals surface area contributed by atoms with E-state index in [9.17, 15) is 20.1 Å². The first-order valence-corrected chi connectivity index (χ1v) is 13.4. The molecule has 5 rings (SSSR count). The third-order valence-corrected chi connectivity index (χ3v) is 11.4. The third kappa shape index (κ3) is 3.07. The predicted molar refractivity (Wildman–Crippen MR) is 126 cm³/mol. The molecule has 2 saturated carbocycles. The van der Waals surface area contributed by atoms with Crippen LogP contribution in [0.25, 0.3) is 0 Å². The number of ketones is 1. The van der Waals surface area contributed by atoms with Crippen LogP contribution in [0.5, 0.6) is 0 Å². The van der Waals surface area contributed by atoms with E-state index in [-0.39, 0.29) is 47.1 Å². The number of carbonyl (C=O) groups is 1. The molecule has 4 aliphatic carbocycles. The maximum absolute atomic E-state index is 14.2. The van der Waals surface area contributed by atoms with Gasteiger partial charge in [-0.05, 0) is 68.1 Å². The van der Waals surface area contributed by atoms with E-state index in [1.165, 1.54) is 0 Å². The lowest BCUT2D eigenvalue weighted by atomic mass is 9.50. The molecule has 186 valence electrons. The summed E-state index contributed by atoms with van der Waals surface area (Å²) < 4.78 is 6.17. The van der Waals surface area contributed by atoms with Gasteiger partial charge < -0.3 is 20.1 Å². The standard InChI is InChI=1S/C28H44O5/c1-14(2)15(3)22(30)18-7-8-19(16(18)4)26(5)11-10-20-21(24(26)32)23(31)25-28(33-25)13-17(29)9-12-27(20,28)6/h14-19,22-23,25,29-31H,7-13H2,1-6H3/t15-,16-,17+,18+,19-,22+,23-,25+,26-,27-,28+/m1/s1. The summed E-state index contributed by atoms with van der Waals surface area (Å²) >= 11 is 0. The van der Waals surface area contributed by atoms with E-state index in [4.69, 9.17) is 4.74 Å². The van der Waals surface area contributed by atoms with E-state index >= 15 is 0 Å². The molecule has 0 bridgehead atoms. The number of aliphatic hydroxyl groups is 3. The van der Waals surface area contributed by atoms with Crippen LogP contribution >= 0.6 is 0 Å². The number of carbonyl (C=O) groups excluding carboxylic acids is 1. The van der Waals surface area contributed by atoms with Crippen LogP contribution in [0.2, 0.25) is 0 Å². The van der Waals surface area contributed by atoms with Crippen molar-refractivity contribution in [3.05, 3.63) is 11.1 Å². The highest BCUT2D eigenvalue weighted by molar-refractivity contribution is 6.03. The Kier molecular flexibility index (Phi) is 5.54. The number of aliphatic hydroxyl groups excluding tert-OH is 3. The Labute approximate surface area is 199 Å². The second-order valence-corrected chi connectivity index (χ2v) is 13.0. The molecule has 3 N–H and O–H groups in total. The van der Waals surface area contributed by atoms with Crippen LogP contribution in [-0.4, -0.2) is 51.1 Å². The first kappa shape index (κ1) is 24.0. The molecular weight excluding hydrogens is 416 g/mol. The highest BCUT2D eigenvalue weighted by atomic mass is 16.6. The van der Waals surface area contributed by atoms with Crippen LogP contribution in [-0.2, 0) is 9.53 Å². The molecule has 1 spiro atoms. The quantitative estimate of drug-likeness (QED) is 0.551. The maximum atomic E-state index is 14.2. The molecule has 1 heterocycles. The fourth-order valence-corrected chi connectivity index (χ4v) is 8.70. The largest absolute Gasteiger partial charge is 0.393 e. The fraction of sp³-hybridized carbons (Fsp3) is 0.893. The van der Waals surface area contributed by atoms with E-state index < -0.39 is 23.2 Å². The third-order valence-electron chi connectivity index (χ3n) is 11.4. The van der Waals surface area contributed by atoms with Gasteiger partial charge in [0, 0.05) is 22.8 Å². The van der Waals surface area contributed by atoms with E-state index in [1.54, 1.807) is 0 Å². The van der Waals surface area contributed by atoms with Crippen molar-refractivity contribution in [1.29, 1.82) is 0 Å². The Bertz CT molecular complexity index is 864. The summed E-state index contributed by atoms with van der Waals surface area (Å²) in [7, 11) is 0. The second kappa shape index (κ2) is 7.62. The van der Waals surface area contributed by atoms with Gasteiger partial charge in [-0.2, -0.15) is 0 Å². The Balaban J connectivity index is 1.44. The van der Waals surface area contributed by atoms with Gasteiger partial charge in [0.1, 0.15) is 17.8 Å². The first-order valence-electron chi connectivity index (χ1n) is 13.4. The average Bonchev–Trinajstić information content (AvgIpc) is 3.36. The van der Waals surface area contributed by atoms with Gasteiger partial charge in [-0.15, -0.1) is 0 Å². The number of hydrogen-bond acceptors (Lipinski definition) is 5.